The van der Waals surface area contributed by atoms with Crippen molar-refractivity contribution in [1.82, 2.24) is 15.2 Å². The molecule has 0 bridgehead atoms. The van der Waals surface area contributed by atoms with Gasteiger partial charge in [-0.25, -0.2) is 4.98 Å². The molecule has 0 unspecified atom stereocenters. The van der Waals surface area contributed by atoms with Crippen LogP contribution >= 0.6 is 0 Å². The molecule has 3 atom stereocenters. The van der Waals surface area contributed by atoms with Crippen LogP contribution in [-0.2, 0) is 27.0 Å². The summed E-state index contributed by atoms with van der Waals surface area (Å²) in [5.41, 5.74) is 6.35. The van der Waals surface area contributed by atoms with Crippen molar-refractivity contribution in [1.29, 1.82) is 0 Å². The molecule has 3 amide bonds. The summed E-state index contributed by atoms with van der Waals surface area (Å²) in [7, 11) is 1.56. The maximum atomic E-state index is 14.1. The number of carbonyl (C=O) groups is 3. The number of benzene rings is 3. The van der Waals surface area contributed by atoms with E-state index in [-0.39, 0.29) is 24.9 Å². The number of halogens is 3. The zero-order valence-electron chi connectivity index (χ0n) is 27.0. The van der Waals surface area contributed by atoms with Crippen LogP contribution in [0.25, 0.3) is 22.2 Å². The molecule has 0 radical (unpaired) electrons. The summed E-state index contributed by atoms with van der Waals surface area (Å²) in [6.07, 6.45) is -5.47. The molecule has 4 aromatic rings. The summed E-state index contributed by atoms with van der Waals surface area (Å²) in [6, 6.07) is 19.1. The topological polar surface area (TPSA) is 124 Å². The molecule has 12 heteroatoms. The summed E-state index contributed by atoms with van der Waals surface area (Å²) < 4.78 is 51.5. The van der Waals surface area contributed by atoms with Crippen LogP contribution in [-0.4, -0.2) is 59.4 Å². The second-order valence-electron chi connectivity index (χ2n) is 12.9. The van der Waals surface area contributed by atoms with Crippen LogP contribution in [0.3, 0.4) is 0 Å². The van der Waals surface area contributed by atoms with Gasteiger partial charge in [0.2, 0.25) is 17.7 Å². The molecular weight excluding hydrogens is 625 g/mol. The zero-order chi connectivity index (χ0) is 34.8. The lowest BCUT2D eigenvalue weighted by Gasteiger charge is -2.35. The number of pyridine rings is 1. The standard InChI is InChI=1S/C36H37F3N4O5/c1-35(2,3)32(42-31(44)16-21-9-8-12-23(15-21)36(37,38)39)34(46)43-20-25(18-29(43)33(40)45)48-30-19-27(22-10-6-5-7-11-22)41-28-17-24(47-4)13-14-26(28)30/h5-15,17,19,25,29,32H,16,18,20H2,1-4H3,(H2,40,45)(H,42,44)/t25-,29+,32-/m1/s1. The third kappa shape index (κ3) is 7.70. The number of carbonyl (C=O) groups excluding carboxylic acids is 3. The fourth-order valence-electron chi connectivity index (χ4n) is 5.80. The van der Waals surface area contributed by atoms with Crippen molar-refractivity contribution in [3.63, 3.8) is 0 Å². The van der Waals surface area contributed by atoms with E-state index >= 15 is 0 Å². The molecule has 5 rings (SSSR count). The number of primary amides is 1. The van der Waals surface area contributed by atoms with Gasteiger partial charge in [0.25, 0.3) is 0 Å². The van der Waals surface area contributed by atoms with Crippen molar-refractivity contribution in [3.8, 4) is 22.8 Å². The van der Waals surface area contributed by atoms with Gasteiger partial charge in [0.1, 0.15) is 29.7 Å². The highest BCUT2D eigenvalue weighted by atomic mass is 19.4. The summed E-state index contributed by atoms with van der Waals surface area (Å²) in [5, 5.41) is 3.40. The van der Waals surface area contributed by atoms with Gasteiger partial charge in [0.15, 0.2) is 0 Å². The number of likely N-dealkylation sites (tertiary alicyclic amines) is 1. The van der Waals surface area contributed by atoms with Gasteiger partial charge in [-0.1, -0.05) is 69.3 Å². The maximum absolute atomic E-state index is 14.1. The first-order valence-electron chi connectivity index (χ1n) is 15.4. The fourth-order valence-corrected chi connectivity index (χ4v) is 5.80. The molecule has 3 aromatic carbocycles. The highest BCUT2D eigenvalue weighted by Gasteiger charge is 2.45. The fraction of sp³-hybridized carbons (Fsp3) is 0.333. The van der Waals surface area contributed by atoms with Crippen molar-refractivity contribution in [2.45, 2.75) is 58.0 Å². The number of hydrogen-bond donors (Lipinski definition) is 2. The first-order valence-corrected chi connectivity index (χ1v) is 15.4. The van der Waals surface area contributed by atoms with E-state index in [2.05, 4.69) is 5.32 Å². The third-order valence-electron chi connectivity index (χ3n) is 8.25. The van der Waals surface area contributed by atoms with Crippen molar-refractivity contribution < 1.29 is 37.0 Å². The van der Waals surface area contributed by atoms with Crippen molar-refractivity contribution in [2.24, 2.45) is 11.1 Å². The summed E-state index contributed by atoms with van der Waals surface area (Å²) in [5.74, 6) is -0.820. The number of nitrogens with zero attached hydrogens (tertiary/aromatic N) is 2. The van der Waals surface area contributed by atoms with Gasteiger partial charge < -0.3 is 25.4 Å². The Morgan fingerprint density at radius 3 is 2.38 bits per heavy atom. The Morgan fingerprint density at radius 2 is 1.73 bits per heavy atom. The van der Waals surface area contributed by atoms with Crippen LogP contribution in [0.15, 0.2) is 78.9 Å². The molecule has 0 spiro atoms. The Bertz CT molecular complexity index is 1820. The van der Waals surface area contributed by atoms with Gasteiger partial charge in [-0.15, -0.1) is 0 Å². The van der Waals surface area contributed by atoms with E-state index < -0.39 is 53.1 Å². The summed E-state index contributed by atoms with van der Waals surface area (Å²) >= 11 is 0. The number of nitrogens with one attached hydrogen (secondary N) is 1. The number of fused-ring (bicyclic) bond motifs is 1. The van der Waals surface area contributed by atoms with Gasteiger partial charge in [0, 0.05) is 29.5 Å². The second-order valence-corrected chi connectivity index (χ2v) is 12.9. The average Bonchev–Trinajstić information content (AvgIpc) is 3.47. The molecule has 2 heterocycles. The SMILES string of the molecule is COc1ccc2c(O[C@@H]3C[C@@H](C(N)=O)N(C(=O)[C@@H](NC(=O)Cc4cccc(C(F)(F)F)c4)C(C)(C)C)C3)cc(-c3ccccc3)nc2c1. The number of rotatable bonds is 9. The molecule has 252 valence electrons. The van der Waals surface area contributed by atoms with E-state index in [0.29, 0.717) is 28.1 Å². The van der Waals surface area contributed by atoms with E-state index in [4.69, 9.17) is 20.2 Å². The van der Waals surface area contributed by atoms with Crippen LogP contribution in [0.5, 0.6) is 11.5 Å². The number of ether oxygens (including phenoxy) is 2. The number of amides is 3. The minimum Gasteiger partial charge on any atom is -0.497 e. The van der Waals surface area contributed by atoms with E-state index in [9.17, 15) is 27.6 Å². The predicted molar refractivity (Wildman–Crippen MR) is 174 cm³/mol. The average molecular weight is 663 g/mol. The molecule has 1 saturated heterocycles. The van der Waals surface area contributed by atoms with Crippen molar-refractivity contribution in [3.05, 3.63) is 90.0 Å². The lowest BCUT2D eigenvalue weighted by atomic mass is 9.85. The highest BCUT2D eigenvalue weighted by Crippen LogP contribution is 2.35. The van der Waals surface area contributed by atoms with Crippen molar-refractivity contribution >= 4 is 28.6 Å². The molecular formula is C36H37F3N4O5. The second kappa shape index (κ2) is 13.5. The van der Waals surface area contributed by atoms with Crippen LogP contribution in [0, 0.1) is 5.41 Å². The molecule has 9 nitrogen and oxygen atoms in total. The van der Waals surface area contributed by atoms with Gasteiger partial charge in [-0.05, 0) is 29.2 Å². The molecule has 1 aliphatic heterocycles. The Morgan fingerprint density at radius 1 is 1.00 bits per heavy atom. The molecule has 1 aliphatic rings. The number of alkyl halides is 3. The molecule has 3 N–H and O–H groups in total. The molecule has 0 saturated carbocycles. The van der Waals surface area contributed by atoms with Gasteiger partial charge >= 0.3 is 6.18 Å². The largest absolute Gasteiger partial charge is 0.497 e. The number of methoxy groups -OCH3 is 1. The molecule has 48 heavy (non-hydrogen) atoms. The first-order chi connectivity index (χ1) is 22.6. The maximum Gasteiger partial charge on any atom is 0.416 e. The first kappa shape index (κ1) is 34.2. The predicted octanol–water partition coefficient (Wildman–Crippen LogP) is 5.54. The monoisotopic (exact) mass is 662 g/mol. The molecule has 0 aliphatic carbocycles. The Labute approximate surface area is 276 Å². The number of nitrogens with two attached hydrogens (primary N) is 1. The molecule has 1 fully saturated rings. The Balaban J connectivity index is 1.39. The van der Waals surface area contributed by atoms with Crippen LogP contribution in [0.4, 0.5) is 13.2 Å². The van der Waals surface area contributed by atoms with Crippen LogP contribution in [0.1, 0.15) is 38.3 Å². The number of aromatic nitrogens is 1. The zero-order valence-corrected chi connectivity index (χ0v) is 27.0. The van der Waals surface area contributed by atoms with E-state index in [1.54, 1.807) is 46.1 Å². The van der Waals surface area contributed by atoms with Gasteiger partial charge in [-0.3, -0.25) is 14.4 Å². The highest BCUT2D eigenvalue weighted by molar-refractivity contribution is 5.93. The lowest BCUT2D eigenvalue weighted by Crippen LogP contribution is -2.57. The minimum atomic E-state index is -4.56. The number of hydrogen-bond acceptors (Lipinski definition) is 6. The van der Waals surface area contributed by atoms with E-state index in [1.807, 2.05) is 36.4 Å². The van der Waals surface area contributed by atoms with Gasteiger partial charge in [-0.2, -0.15) is 13.2 Å². The molecule has 1 aromatic heterocycles. The van der Waals surface area contributed by atoms with E-state index in [0.717, 1.165) is 17.7 Å². The smallest absolute Gasteiger partial charge is 0.416 e. The third-order valence-corrected chi connectivity index (χ3v) is 8.25. The Hall–Kier alpha value is -5.13. The van der Waals surface area contributed by atoms with Crippen molar-refractivity contribution in [2.75, 3.05) is 13.7 Å². The minimum absolute atomic E-state index is 0.00313. The summed E-state index contributed by atoms with van der Waals surface area (Å²) in [4.78, 5) is 45.9. The normalized spacial score (nSPS) is 17.2. The van der Waals surface area contributed by atoms with Gasteiger partial charge in [0.05, 0.1) is 36.8 Å². The lowest BCUT2D eigenvalue weighted by molar-refractivity contribution is -0.143. The summed E-state index contributed by atoms with van der Waals surface area (Å²) in [6.45, 7) is 5.23. The van der Waals surface area contributed by atoms with Crippen LogP contribution in [0.2, 0.25) is 0 Å². The quantitative estimate of drug-likeness (QED) is 0.243. The van der Waals surface area contributed by atoms with E-state index in [1.165, 1.54) is 17.0 Å². The van der Waals surface area contributed by atoms with Crippen LogP contribution < -0.4 is 20.5 Å². The Kier molecular flexibility index (Phi) is 9.65.